The Labute approximate surface area is 565 Å². The lowest BCUT2D eigenvalue weighted by molar-refractivity contribution is -0.141. The zero-order valence-corrected chi connectivity index (χ0v) is 57.9. The van der Waals surface area contributed by atoms with Crippen LogP contribution >= 0.6 is 46.2 Å². The highest BCUT2D eigenvalue weighted by Crippen LogP contribution is 2.59. The quantitative estimate of drug-likeness (QED) is 0.0160. The van der Waals surface area contributed by atoms with E-state index in [1.807, 2.05) is 45.0 Å². The summed E-state index contributed by atoms with van der Waals surface area (Å²) < 4.78 is 64.3. The van der Waals surface area contributed by atoms with Gasteiger partial charge in [-0.25, -0.2) is 4.98 Å². The van der Waals surface area contributed by atoms with Gasteiger partial charge in [0.05, 0.1) is 84.9 Å². The predicted molar refractivity (Wildman–Crippen MR) is 356 cm³/mol. The van der Waals surface area contributed by atoms with E-state index in [0.717, 1.165) is 44.1 Å². The number of anilines is 1. The second-order valence-corrected chi connectivity index (χ2v) is 29.3. The second-order valence-electron chi connectivity index (χ2n) is 24.8. The highest BCUT2D eigenvalue weighted by atomic mass is 79.9. The number of halogens is 3. The van der Waals surface area contributed by atoms with Gasteiger partial charge in [0.2, 0.25) is 35.4 Å². The van der Waals surface area contributed by atoms with Crippen molar-refractivity contribution in [1.29, 1.82) is 0 Å². The Bertz CT molecular complexity index is 3710. The molecular weight excluding hydrogens is 1360 g/mol. The molecule has 8 rings (SSSR count). The third kappa shape index (κ3) is 19.2. The minimum absolute atomic E-state index is 0.0141. The number of benzene rings is 3. The number of nitrogens with zero attached hydrogens (tertiary/aromatic N) is 5. The van der Waals surface area contributed by atoms with E-state index in [2.05, 4.69) is 47.3 Å². The first-order valence-electron chi connectivity index (χ1n) is 31.2. The molecule has 2 saturated heterocycles. The molecule has 24 nitrogen and oxygen atoms in total. The Balaban J connectivity index is 0.749. The average Bonchev–Trinajstić information content (AvgIpc) is 1.77. The summed E-state index contributed by atoms with van der Waals surface area (Å²) in [7, 11) is -5.85. The molecule has 5 heterocycles. The minimum atomic E-state index is -5.85. The number of β-amino-alcohol motifs (C(OH)–C–C–N with tert-alkyl or cyclic N) is 1. The fraction of sp³-hybridized carbons (Fsp3) is 0.492. The molecule has 0 aliphatic carbocycles. The topological polar surface area (TPSA) is 322 Å². The third-order valence-electron chi connectivity index (χ3n) is 16.3. The van der Waals surface area contributed by atoms with Crippen LogP contribution in [0.2, 0.25) is 0 Å². The largest absolute Gasteiger partial charge is 0.399 e. The number of ether oxygens (including phenoxy) is 3. The molecule has 3 aromatic carbocycles. The molecule has 0 spiro atoms. The first kappa shape index (κ1) is 73.9. The van der Waals surface area contributed by atoms with Crippen molar-refractivity contribution in [1.82, 2.24) is 41.2 Å². The summed E-state index contributed by atoms with van der Waals surface area (Å²) >= 11 is 5.88. The van der Waals surface area contributed by atoms with Crippen LogP contribution in [0.25, 0.3) is 20.5 Å². The molecule has 0 bridgehead atoms. The van der Waals surface area contributed by atoms with E-state index in [1.54, 1.807) is 63.5 Å². The van der Waals surface area contributed by atoms with Crippen LogP contribution in [0.4, 0.5) is 14.5 Å². The maximum Gasteiger partial charge on any atom is 0.399 e. The number of amides is 7. The molecule has 514 valence electrons. The van der Waals surface area contributed by atoms with E-state index in [4.69, 9.17) is 18.7 Å². The standard InChI is InChI=1S/C65H81BrF2N9O15PS2/c1-38(2)56(51-31-39(3)74-92-51)62(84)77-36-47(78)34-50(77)59(81)72-48(41-10-12-42(13-11-41)57-40(4)71-37-94-57)35-55(80)70-22-26-90-28-30-91-29-27-89-25-21-69-54(79)20-24-75(46-17-15-45(66)16-18-46)61(83)49-9-8-23-76(49)63(85)58(64(5,6)7)73-60(82)53-33-43-32-44(14-19-52(43)95-53)65(67,68)93(86,87)88/h10-19,31-33,37-38,47-50,56,58,78H,8-9,20-30,34-36H2,1-7H3,(H,69,79)(H,70,80)(H,72,81)(H,73,82)(H2,86,87,88)/t47-,48+,49+,50+,56-,58-/m1/s1. The van der Waals surface area contributed by atoms with Gasteiger partial charge in [-0.05, 0) is 97.0 Å². The van der Waals surface area contributed by atoms with Crippen molar-refractivity contribution in [2.75, 3.05) is 77.3 Å². The number of aliphatic hydroxyl groups excluding tert-OH is 1. The van der Waals surface area contributed by atoms with Crippen molar-refractivity contribution in [2.24, 2.45) is 11.3 Å². The molecule has 7 amide bonds. The summed E-state index contributed by atoms with van der Waals surface area (Å²) in [6.07, 6.45) is -0.355. The van der Waals surface area contributed by atoms with Crippen molar-refractivity contribution in [3.05, 3.63) is 122 Å². The smallest absolute Gasteiger partial charge is 0.391 e. The number of aryl methyl sites for hydroxylation is 2. The number of fused-ring (bicyclic) bond motifs is 1. The number of thiazole rings is 1. The molecule has 30 heteroatoms. The SMILES string of the molecule is Cc1cc([C@H](C(=O)N2C[C@H](O)C[C@H]2C(=O)N[C@@H](CC(=O)NCCOCCOCCOCCNC(=O)CCN(C(=O)[C@@H]2CCCN2C(=O)[C@@H](NC(=O)c2cc3cc(C(F)(F)P(=O)(O)O)ccc3s2)C(C)(C)C)c2ccc(Br)cc2)c2ccc(-c3scnc3C)cc2)C(C)C)on1. The maximum atomic E-state index is 14.6. The van der Waals surface area contributed by atoms with E-state index < -0.39 is 84.1 Å². The van der Waals surface area contributed by atoms with Crippen molar-refractivity contribution in [3.63, 3.8) is 0 Å². The first-order chi connectivity index (χ1) is 45.0. The lowest BCUT2D eigenvalue weighted by atomic mass is 9.85. The zero-order valence-electron chi connectivity index (χ0n) is 53.8. The van der Waals surface area contributed by atoms with Gasteiger partial charge in [-0.15, -0.1) is 22.7 Å². The summed E-state index contributed by atoms with van der Waals surface area (Å²) in [4.78, 5) is 126. The number of likely N-dealkylation sites (tertiary alicyclic amines) is 2. The highest BCUT2D eigenvalue weighted by molar-refractivity contribution is 9.10. The molecule has 2 fully saturated rings. The van der Waals surface area contributed by atoms with Gasteiger partial charge in [0, 0.05) is 72.1 Å². The van der Waals surface area contributed by atoms with Crippen molar-refractivity contribution in [3.8, 4) is 10.4 Å². The third-order valence-corrected chi connectivity index (χ3v) is 19.9. The van der Waals surface area contributed by atoms with Crippen LogP contribution in [0.3, 0.4) is 0 Å². The summed E-state index contributed by atoms with van der Waals surface area (Å²) in [5, 5.41) is 26.4. The van der Waals surface area contributed by atoms with Gasteiger partial charge < -0.3 is 69.6 Å². The Morgan fingerprint density at radius 2 is 1.48 bits per heavy atom. The molecule has 2 aliphatic rings. The van der Waals surface area contributed by atoms with Crippen molar-refractivity contribution >= 4 is 103 Å². The number of aromatic nitrogens is 2. The van der Waals surface area contributed by atoms with Crippen LogP contribution in [0, 0.1) is 25.2 Å². The van der Waals surface area contributed by atoms with Gasteiger partial charge in [0.15, 0.2) is 0 Å². The number of hydrogen-bond donors (Lipinski definition) is 7. The van der Waals surface area contributed by atoms with Crippen LogP contribution in [-0.2, 0) is 53.2 Å². The molecule has 2 aliphatic heterocycles. The summed E-state index contributed by atoms with van der Waals surface area (Å²) in [6, 6.07) is 16.6. The molecule has 0 unspecified atom stereocenters. The van der Waals surface area contributed by atoms with E-state index in [-0.39, 0.29) is 126 Å². The maximum absolute atomic E-state index is 14.6. The molecule has 0 radical (unpaired) electrons. The number of nitrogens with one attached hydrogen (secondary N) is 4. The molecule has 6 aromatic rings. The van der Waals surface area contributed by atoms with Crippen LogP contribution in [0.5, 0.6) is 0 Å². The van der Waals surface area contributed by atoms with E-state index in [9.17, 15) is 61.8 Å². The van der Waals surface area contributed by atoms with Crippen molar-refractivity contribution in [2.45, 2.75) is 122 Å². The van der Waals surface area contributed by atoms with E-state index in [0.29, 0.717) is 40.2 Å². The van der Waals surface area contributed by atoms with Crippen LogP contribution in [0.1, 0.15) is 117 Å². The van der Waals surface area contributed by atoms with Gasteiger partial charge >= 0.3 is 13.3 Å². The summed E-state index contributed by atoms with van der Waals surface area (Å²) in [5.41, 5.74) is -0.920. The molecule has 95 heavy (non-hydrogen) atoms. The summed E-state index contributed by atoms with van der Waals surface area (Å²) in [5.74, 6) is -3.78. The van der Waals surface area contributed by atoms with Gasteiger partial charge in [-0.3, -0.25) is 38.1 Å². The Morgan fingerprint density at radius 1 is 0.832 bits per heavy atom. The van der Waals surface area contributed by atoms with Crippen LogP contribution < -0.4 is 26.2 Å². The fourth-order valence-electron chi connectivity index (χ4n) is 11.3. The molecule has 3 aromatic heterocycles. The number of thiophene rings is 1. The molecule has 7 N–H and O–H groups in total. The zero-order chi connectivity index (χ0) is 68.9. The van der Waals surface area contributed by atoms with Crippen LogP contribution in [-0.4, -0.2) is 173 Å². The first-order valence-corrected chi connectivity index (χ1v) is 35.3. The minimum Gasteiger partial charge on any atom is -0.391 e. The number of carbonyl (C=O) groups excluding carboxylic acids is 7. The van der Waals surface area contributed by atoms with Crippen LogP contribution in [0.15, 0.2) is 93.4 Å². The van der Waals surface area contributed by atoms with Gasteiger partial charge in [-0.1, -0.05) is 86.0 Å². The summed E-state index contributed by atoms with van der Waals surface area (Å²) in [6.45, 7) is 14.4. The molecule has 0 saturated carbocycles. The number of aliphatic hydroxyl groups is 1. The Hall–Kier alpha value is -6.92. The normalized spacial score (nSPS) is 17.0. The van der Waals surface area contributed by atoms with E-state index in [1.165, 1.54) is 38.2 Å². The van der Waals surface area contributed by atoms with Gasteiger partial charge in [-0.2, -0.15) is 8.78 Å². The predicted octanol–water partition coefficient (Wildman–Crippen LogP) is 8.11. The lowest BCUT2D eigenvalue weighted by Gasteiger charge is -2.36. The monoisotopic (exact) mass is 1440 g/mol. The number of carbonyl (C=O) groups is 7. The Kier molecular flexibility index (Phi) is 25.6. The molecule has 6 atom stereocenters. The van der Waals surface area contributed by atoms with Gasteiger partial charge in [0.1, 0.15) is 29.8 Å². The second kappa shape index (κ2) is 32.9. The van der Waals surface area contributed by atoms with E-state index >= 15 is 0 Å². The van der Waals surface area contributed by atoms with Crippen molar-refractivity contribution < 1.29 is 80.5 Å². The number of hydrogen-bond acceptors (Lipinski definition) is 17. The fourth-order valence-corrected chi connectivity index (χ4v) is 13.8. The number of alkyl halides is 2. The average molecular weight is 1440 g/mol. The number of rotatable bonds is 31. The molecular formula is C65H81BrF2N9O15PS2. The Morgan fingerprint density at radius 3 is 2.08 bits per heavy atom. The van der Waals surface area contributed by atoms with Gasteiger partial charge in [0.25, 0.3) is 5.91 Å². The highest BCUT2D eigenvalue weighted by Gasteiger charge is 2.51. The lowest BCUT2D eigenvalue weighted by Crippen LogP contribution is -2.58.